The van der Waals surface area contributed by atoms with Crippen molar-refractivity contribution in [2.45, 2.75) is 50.0 Å². The van der Waals surface area contributed by atoms with E-state index in [1.54, 1.807) is 24.3 Å². The molecule has 0 unspecified atom stereocenters. The molecule has 134 valence electrons. The number of hydrogen-bond donors (Lipinski definition) is 2. The summed E-state index contributed by atoms with van der Waals surface area (Å²) in [6.07, 6.45) is 3.61. The van der Waals surface area contributed by atoms with Crippen LogP contribution in [0.1, 0.15) is 38.2 Å². The highest BCUT2D eigenvalue weighted by Crippen LogP contribution is 2.22. The number of aryl methyl sites for hydroxylation is 1. The zero-order chi connectivity index (χ0) is 17.4. The van der Waals surface area contributed by atoms with Crippen molar-refractivity contribution in [3.8, 4) is 0 Å². The number of ether oxygens (including phenoxy) is 1. The molecule has 6 nitrogen and oxygen atoms in total. The average Bonchev–Trinajstić information content (AvgIpc) is 3.36. The summed E-state index contributed by atoms with van der Waals surface area (Å²) >= 11 is 0. The summed E-state index contributed by atoms with van der Waals surface area (Å²) in [7, 11) is -3.41. The largest absolute Gasteiger partial charge is 0.382 e. The van der Waals surface area contributed by atoms with E-state index in [1.807, 2.05) is 6.92 Å². The maximum absolute atomic E-state index is 12.1. The Hall–Kier alpha value is -1.44. The molecule has 24 heavy (non-hydrogen) atoms. The van der Waals surface area contributed by atoms with Crippen molar-refractivity contribution < 1.29 is 17.9 Å². The van der Waals surface area contributed by atoms with E-state index < -0.39 is 10.0 Å². The van der Waals surface area contributed by atoms with Crippen molar-refractivity contribution in [3.63, 3.8) is 0 Å². The molecule has 1 saturated carbocycles. The van der Waals surface area contributed by atoms with Crippen molar-refractivity contribution >= 4 is 15.9 Å². The maximum Gasteiger partial charge on any atom is 0.240 e. The summed E-state index contributed by atoms with van der Waals surface area (Å²) in [6, 6.07) is 6.83. The van der Waals surface area contributed by atoms with Gasteiger partial charge in [-0.05, 0) is 50.3 Å². The van der Waals surface area contributed by atoms with Gasteiger partial charge in [0.2, 0.25) is 15.9 Å². The Labute approximate surface area is 144 Å². The molecule has 1 aliphatic carbocycles. The number of benzene rings is 1. The summed E-state index contributed by atoms with van der Waals surface area (Å²) < 4.78 is 32.0. The summed E-state index contributed by atoms with van der Waals surface area (Å²) in [5.41, 5.74) is 0.949. The molecular weight excluding hydrogens is 328 g/mol. The van der Waals surface area contributed by atoms with Gasteiger partial charge in [0.1, 0.15) is 0 Å². The van der Waals surface area contributed by atoms with Crippen LogP contribution in [-0.4, -0.2) is 40.1 Å². The van der Waals surface area contributed by atoms with Crippen molar-refractivity contribution in [2.75, 3.05) is 19.8 Å². The minimum Gasteiger partial charge on any atom is -0.382 e. The Bertz CT molecular complexity index is 624. The van der Waals surface area contributed by atoms with Crippen LogP contribution in [0, 0.1) is 0 Å². The third-order valence-corrected chi connectivity index (χ3v) is 5.30. The SMILES string of the molecule is CCOCCCNC(=O)CCc1ccc(S(=O)(=O)NC2CC2)cc1. The highest BCUT2D eigenvalue weighted by molar-refractivity contribution is 7.89. The van der Waals surface area contributed by atoms with Gasteiger partial charge in [-0.25, -0.2) is 13.1 Å². The lowest BCUT2D eigenvalue weighted by atomic mass is 10.1. The molecule has 0 heterocycles. The fourth-order valence-corrected chi connectivity index (χ4v) is 3.52. The van der Waals surface area contributed by atoms with Crippen LogP contribution in [0.4, 0.5) is 0 Å². The molecule has 7 heteroatoms. The normalized spacial score (nSPS) is 14.5. The minimum atomic E-state index is -3.41. The molecule has 1 aromatic carbocycles. The second kappa shape index (κ2) is 9.15. The van der Waals surface area contributed by atoms with E-state index in [0.29, 0.717) is 32.6 Å². The number of sulfonamides is 1. The van der Waals surface area contributed by atoms with E-state index in [9.17, 15) is 13.2 Å². The van der Waals surface area contributed by atoms with E-state index in [2.05, 4.69) is 10.0 Å². The van der Waals surface area contributed by atoms with Gasteiger partial charge in [-0.2, -0.15) is 0 Å². The molecule has 1 aromatic rings. The summed E-state index contributed by atoms with van der Waals surface area (Å²) in [5.74, 6) is -0.00130. The fourth-order valence-electron chi connectivity index (χ4n) is 2.22. The molecule has 0 saturated heterocycles. The summed E-state index contributed by atoms with van der Waals surface area (Å²) in [5, 5.41) is 2.85. The van der Waals surface area contributed by atoms with Gasteiger partial charge < -0.3 is 10.1 Å². The first kappa shape index (κ1) is 18.9. The van der Waals surface area contributed by atoms with Crippen LogP contribution in [0.5, 0.6) is 0 Å². The lowest BCUT2D eigenvalue weighted by molar-refractivity contribution is -0.121. The van der Waals surface area contributed by atoms with Gasteiger partial charge in [0, 0.05) is 32.2 Å². The molecule has 0 bridgehead atoms. The topological polar surface area (TPSA) is 84.5 Å². The smallest absolute Gasteiger partial charge is 0.240 e. The molecule has 1 fully saturated rings. The van der Waals surface area contributed by atoms with Gasteiger partial charge in [0.05, 0.1) is 4.90 Å². The lowest BCUT2D eigenvalue weighted by Crippen LogP contribution is -2.26. The van der Waals surface area contributed by atoms with E-state index in [1.165, 1.54) is 0 Å². The molecule has 1 amide bonds. The Morgan fingerprint density at radius 1 is 1.25 bits per heavy atom. The van der Waals surface area contributed by atoms with Gasteiger partial charge in [-0.1, -0.05) is 12.1 Å². The third-order valence-electron chi connectivity index (χ3n) is 3.77. The first-order valence-electron chi connectivity index (χ1n) is 8.47. The average molecular weight is 354 g/mol. The van der Waals surface area contributed by atoms with Crippen molar-refractivity contribution in [1.29, 1.82) is 0 Å². The number of carbonyl (C=O) groups excluding carboxylic acids is 1. The predicted octanol–water partition coefficient (Wildman–Crippen LogP) is 1.60. The molecule has 0 aliphatic heterocycles. The molecule has 1 aliphatic rings. The minimum absolute atomic E-state index is 0.00130. The van der Waals surface area contributed by atoms with Crippen LogP contribution < -0.4 is 10.0 Å². The van der Waals surface area contributed by atoms with Crippen LogP contribution in [0.3, 0.4) is 0 Å². The zero-order valence-electron chi connectivity index (χ0n) is 14.1. The lowest BCUT2D eigenvalue weighted by Gasteiger charge is -2.07. The number of rotatable bonds is 11. The molecule has 2 rings (SSSR count). The monoisotopic (exact) mass is 354 g/mol. The quantitative estimate of drug-likeness (QED) is 0.591. The highest BCUT2D eigenvalue weighted by Gasteiger charge is 2.27. The van der Waals surface area contributed by atoms with Crippen LogP contribution >= 0.6 is 0 Å². The molecule has 0 radical (unpaired) electrons. The Morgan fingerprint density at radius 3 is 2.58 bits per heavy atom. The fraction of sp³-hybridized carbons (Fsp3) is 0.588. The van der Waals surface area contributed by atoms with E-state index in [0.717, 1.165) is 24.8 Å². The second-order valence-corrected chi connectivity index (χ2v) is 7.65. The van der Waals surface area contributed by atoms with E-state index in [4.69, 9.17) is 4.74 Å². The first-order chi connectivity index (χ1) is 11.5. The summed E-state index contributed by atoms with van der Waals surface area (Å²) in [6.45, 7) is 3.90. The molecule has 0 aromatic heterocycles. The molecule has 0 spiro atoms. The first-order valence-corrected chi connectivity index (χ1v) is 9.95. The number of nitrogens with one attached hydrogen (secondary N) is 2. The predicted molar refractivity (Wildman–Crippen MR) is 92.2 cm³/mol. The second-order valence-electron chi connectivity index (χ2n) is 5.94. The van der Waals surface area contributed by atoms with Gasteiger partial charge in [0.15, 0.2) is 0 Å². The Balaban J connectivity index is 1.72. The molecular formula is C17H26N2O4S. The summed E-state index contributed by atoms with van der Waals surface area (Å²) in [4.78, 5) is 12.0. The maximum atomic E-state index is 12.1. The highest BCUT2D eigenvalue weighted by atomic mass is 32.2. The zero-order valence-corrected chi connectivity index (χ0v) is 14.9. The number of hydrogen-bond acceptors (Lipinski definition) is 4. The Kier molecular flexibility index (Phi) is 7.20. The van der Waals surface area contributed by atoms with Crippen LogP contribution in [0.2, 0.25) is 0 Å². The van der Waals surface area contributed by atoms with Gasteiger partial charge >= 0.3 is 0 Å². The molecule has 2 N–H and O–H groups in total. The van der Waals surface area contributed by atoms with Gasteiger partial charge in [-0.15, -0.1) is 0 Å². The third kappa shape index (κ3) is 6.59. The van der Waals surface area contributed by atoms with E-state index in [-0.39, 0.29) is 16.8 Å². The Morgan fingerprint density at radius 2 is 1.96 bits per heavy atom. The van der Waals surface area contributed by atoms with Gasteiger partial charge in [-0.3, -0.25) is 4.79 Å². The van der Waals surface area contributed by atoms with Crippen LogP contribution in [-0.2, 0) is 26.0 Å². The van der Waals surface area contributed by atoms with Crippen molar-refractivity contribution in [3.05, 3.63) is 29.8 Å². The molecule has 0 atom stereocenters. The number of carbonyl (C=O) groups is 1. The number of amides is 1. The van der Waals surface area contributed by atoms with Crippen LogP contribution in [0.15, 0.2) is 29.2 Å². The van der Waals surface area contributed by atoms with Crippen LogP contribution in [0.25, 0.3) is 0 Å². The van der Waals surface area contributed by atoms with E-state index >= 15 is 0 Å². The standard InChI is InChI=1S/C17H26N2O4S/c1-2-23-13-3-12-18-17(20)11-6-14-4-9-16(10-5-14)24(21,22)19-15-7-8-15/h4-5,9-10,15,19H,2-3,6-8,11-13H2,1H3,(H,18,20). The van der Waals surface area contributed by atoms with Gasteiger partial charge in [0.25, 0.3) is 0 Å². The van der Waals surface area contributed by atoms with Crippen molar-refractivity contribution in [1.82, 2.24) is 10.0 Å². The van der Waals surface area contributed by atoms with Crippen molar-refractivity contribution in [2.24, 2.45) is 0 Å².